The predicted octanol–water partition coefficient (Wildman–Crippen LogP) is 2.53. The normalized spacial score (nSPS) is 20.7. The Bertz CT molecular complexity index is 965. The summed E-state index contributed by atoms with van der Waals surface area (Å²) in [5, 5.41) is 3.46. The smallest absolute Gasteiger partial charge is 0.270 e. The number of benzene rings is 1. The van der Waals surface area contributed by atoms with Crippen molar-refractivity contribution in [3.05, 3.63) is 48.3 Å². The Labute approximate surface area is 172 Å². The van der Waals surface area contributed by atoms with Crippen molar-refractivity contribution >= 4 is 21.6 Å². The molecule has 0 bridgehead atoms. The van der Waals surface area contributed by atoms with Gasteiger partial charge in [-0.25, -0.2) is 8.42 Å². The summed E-state index contributed by atoms with van der Waals surface area (Å²) >= 11 is 0. The Balaban J connectivity index is 1.45. The highest BCUT2D eigenvalue weighted by atomic mass is 32.2. The Morgan fingerprint density at radius 1 is 1.07 bits per heavy atom. The van der Waals surface area contributed by atoms with E-state index < -0.39 is 10.0 Å². The van der Waals surface area contributed by atoms with Gasteiger partial charge in [-0.1, -0.05) is 24.6 Å². The lowest BCUT2D eigenvalue weighted by molar-refractivity contribution is 0.0782. The Morgan fingerprint density at radius 3 is 2.52 bits per heavy atom. The number of amides is 1. The number of sulfonamides is 1. The summed E-state index contributed by atoms with van der Waals surface area (Å²) in [7, 11) is -1.81. The van der Waals surface area contributed by atoms with E-state index in [0.29, 0.717) is 31.9 Å². The topological polar surface area (TPSA) is 74.7 Å². The lowest BCUT2D eigenvalue weighted by Gasteiger charge is -2.25. The highest BCUT2D eigenvalue weighted by Gasteiger charge is 2.32. The monoisotopic (exact) mass is 416 g/mol. The van der Waals surface area contributed by atoms with Crippen molar-refractivity contribution in [1.29, 1.82) is 0 Å². The number of para-hydroxylation sites is 1. The van der Waals surface area contributed by atoms with Crippen LogP contribution < -0.4 is 5.32 Å². The van der Waals surface area contributed by atoms with Crippen molar-refractivity contribution in [3.8, 4) is 0 Å². The molecule has 0 aliphatic carbocycles. The molecule has 3 heterocycles. The predicted molar refractivity (Wildman–Crippen MR) is 112 cm³/mol. The molecule has 29 heavy (non-hydrogen) atoms. The number of carbonyl (C=O) groups is 1. The molecule has 0 radical (unpaired) electrons. The van der Waals surface area contributed by atoms with Crippen LogP contribution in [0.25, 0.3) is 0 Å². The van der Waals surface area contributed by atoms with Crippen LogP contribution in [0.2, 0.25) is 0 Å². The standard InChI is InChI=1S/C21H28N4O3S/c1-23-16-19(29(27,28)25-11-6-3-7-12-25)14-20(23)21(26)24-13-10-18(15-24)22-17-8-4-2-5-9-17/h2,4-5,8-9,14,16,18,22H,3,6-7,10-13,15H2,1H3. The number of aryl methyl sites for hydroxylation is 1. The number of nitrogens with zero attached hydrogens (tertiary/aromatic N) is 3. The van der Waals surface area contributed by atoms with Crippen molar-refractivity contribution in [2.75, 3.05) is 31.5 Å². The van der Waals surface area contributed by atoms with Gasteiger partial charge in [-0.2, -0.15) is 4.31 Å². The van der Waals surface area contributed by atoms with E-state index in [1.54, 1.807) is 22.7 Å². The van der Waals surface area contributed by atoms with E-state index in [0.717, 1.165) is 31.4 Å². The van der Waals surface area contributed by atoms with Crippen LogP contribution >= 0.6 is 0 Å². The largest absolute Gasteiger partial charge is 0.380 e. The fraction of sp³-hybridized carbons (Fsp3) is 0.476. The summed E-state index contributed by atoms with van der Waals surface area (Å²) in [6, 6.07) is 11.7. The first-order valence-corrected chi connectivity index (χ1v) is 11.7. The third-order valence-electron chi connectivity index (χ3n) is 5.77. The maximum Gasteiger partial charge on any atom is 0.270 e. The molecule has 1 amide bonds. The molecule has 0 spiro atoms. The first kappa shape index (κ1) is 20.0. The summed E-state index contributed by atoms with van der Waals surface area (Å²) < 4.78 is 29.0. The van der Waals surface area contributed by atoms with Gasteiger partial charge in [0.15, 0.2) is 0 Å². The molecule has 2 aliphatic heterocycles. The minimum absolute atomic E-state index is 0.120. The zero-order valence-electron chi connectivity index (χ0n) is 16.8. The summed E-state index contributed by atoms with van der Waals surface area (Å²) in [6.45, 7) is 2.37. The number of likely N-dealkylation sites (tertiary alicyclic amines) is 1. The van der Waals surface area contributed by atoms with Crippen LogP contribution in [0.3, 0.4) is 0 Å². The average Bonchev–Trinajstić information content (AvgIpc) is 3.36. The molecule has 2 saturated heterocycles. The summed E-state index contributed by atoms with van der Waals surface area (Å²) in [6.07, 6.45) is 5.28. The van der Waals surface area contributed by atoms with Gasteiger partial charge in [0.2, 0.25) is 10.0 Å². The van der Waals surface area contributed by atoms with Gasteiger partial charge >= 0.3 is 0 Å². The highest BCUT2D eigenvalue weighted by Crippen LogP contribution is 2.24. The first-order chi connectivity index (χ1) is 13.9. The molecule has 156 valence electrons. The van der Waals surface area contributed by atoms with Crippen LogP contribution in [0.15, 0.2) is 47.5 Å². The van der Waals surface area contributed by atoms with Gasteiger partial charge in [0.05, 0.1) is 0 Å². The van der Waals surface area contributed by atoms with Gasteiger partial charge in [0.1, 0.15) is 10.6 Å². The zero-order chi connectivity index (χ0) is 20.4. The molecular weight excluding hydrogens is 388 g/mol. The van der Waals surface area contributed by atoms with E-state index in [-0.39, 0.29) is 16.8 Å². The maximum absolute atomic E-state index is 13.1. The quantitative estimate of drug-likeness (QED) is 0.813. The number of carbonyl (C=O) groups excluding carboxylic acids is 1. The first-order valence-electron chi connectivity index (χ1n) is 10.2. The minimum Gasteiger partial charge on any atom is -0.380 e. The fourth-order valence-electron chi connectivity index (χ4n) is 4.14. The third-order valence-corrected chi connectivity index (χ3v) is 7.64. The van der Waals surface area contributed by atoms with Crippen LogP contribution in [0.1, 0.15) is 36.2 Å². The summed E-state index contributed by atoms with van der Waals surface area (Å²) in [4.78, 5) is 15.1. The number of rotatable bonds is 5. The lowest BCUT2D eigenvalue weighted by Crippen LogP contribution is -2.35. The molecule has 1 aromatic carbocycles. The van der Waals surface area contributed by atoms with E-state index in [9.17, 15) is 13.2 Å². The molecular formula is C21H28N4O3S. The maximum atomic E-state index is 13.1. The molecule has 1 aromatic heterocycles. The van der Waals surface area contributed by atoms with E-state index in [1.807, 2.05) is 30.3 Å². The van der Waals surface area contributed by atoms with E-state index in [4.69, 9.17) is 0 Å². The second kappa shape index (κ2) is 8.20. The number of hydrogen-bond donors (Lipinski definition) is 1. The molecule has 1 atom stereocenters. The number of nitrogens with one attached hydrogen (secondary N) is 1. The van der Waals surface area contributed by atoms with Gasteiger partial charge in [-0.15, -0.1) is 0 Å². The van der Waals surface area contributed by atoms with E-state index >= 15 is 0 Å². The van der Waals surface area contributed by atoms with Gasteiger partial charge < -0.3 is 14.8 Å². The molecule has 2 aromatic rings. The van der Waals surface area contributed by atoms with Crippen LogP contribution in [-0.4, -0.2) is 60.3 Å². The Hall–Kier alpha value is -2.32. The van der Waals surface area contributed by atoms with Crippen molar-refractivity contribution in [1.82, 2.24) is 13.8 Å². The number of anilines is 1. The van der Waals surface area contributed by atoms with Gasteiger partial charge in [-0.3, -0.25) is 4.79 Å². The zero-order valence-corrected chi connectivity index (χ0v) is 17.6. The SMILES string of the molecule is Cn1cc(S(=O)(=O)N2CCCCC2)cc1C(=O)N1CCC(Nc2ccccc2)C1. The Kier molecular flexibility index (Phi) is 5.65. The second-order valence-corrected chi connectivity index (χ2v) is 9.82. The molecule has 4 rings (SSSR count). The molecule has 1 N–H and O–H groups in total. The third kappa shape index (κ3) is 4.18. The lowest BCUT2D eigenvalue weighted by atomic mass is 10.2. The van der Waals surface area contributed by atoms with Crippen LogP contribution in [0.5, 0.6) is 0 Å². The Morgan fingerprint density at radius 2 is 1.79 bits per heavy atom. The van der Waals surface area contributed by atoms with E-state index in [1.165, 1.54) is 10.4 Å². The van der Waals surface area contributed by atoms with Crippen LogP contribution in [0, 0.1) is 0 Å². The molecule has 8 heteroatoms. The molecule has 7 nitrogen and oxygen atoms in total. The van der Waals surface area contributed by atoms with Crippen molar-refractivity contribution in [2.45, 2.75) is 36.6 Å². The van der Waals surface area contributed by atoms with Crippen molar-refractivity contribution in [2.24, 2.45) is 7.05 Å². The number of aromatic nitrogens is 1. The van der Waals surface area contributed by atoms with Crippen molar-refractivity contribution < 1.29 is 13.2 Å². The van der Waals surface area contributed by atoms with Crippen LogP contribution in [-0.2, 0) is 17.1 Å². The van der Waals surface area contributed by atoms with Crippen LogP contribution in [0.4, 0.5) is 5.69 Å². The summed E-state index contributed by atoms with van der Waals surface area (Å²) in [5.41, 5.74) is 1.46. The number of piperidine rings is 1. The minimum atomic E-state index is -3.54. The fourth-order valence-corrected chi connectivity index (χ4v) is 5.73. The molecule has 2 aliphatic rings. The summed E-state index contributed by atoms with van der Waals surface area (Å²) in [5.74, 6) is -0.120. The number of hydrogen-bond acceptors (Lipinski definition) is 4. The van der Waals surface area contributed by atoms with Gasteiger partial charge in [0.25, 0.3) is 5.91 Å². The molecule has 2 fully saturated rings. The van der Waals surface area contributed by atoms with E-state index in [2.05, 4.69) is 5.32 Å². The second-order valence-electron chi connectivity index (χ2n) is 7.88. The van der Waals surface area contributed by atoms with Crippen molar-refractivity contribution in [3.63, 3.8) is 0 Å². The molecule has 0 saturated carbocycles. The average molecular weight is 417 g/mol. The van der Waals surface area contributed by atoms with Gasteiger partial charge in [-0.05, 0) is 37.5 Å². The molecule has 1 unspecified atom stereocenters. The van der Waals surface area contributed by atoms with Gasteiger partial charge in [0, 0.05) is 51.2 Å². The highest BCUT2D eigenvalue weighted by molar-refractivity contribution is 7.89.